The molecule has 3 aromatic carbocycles. The fraction of sp³-hybridized carbons (Fsp3) is 0.324. The minimum absolute atomic E-state index is 0.0398. The molecule has 1 N–H and O–H groups in total. The van der Waals surface area contributed by atoms with E-state index in [4.69, 9.17) is 4.74 Å². The van der Waals surface area contributed by atoms with Crippen molar-refractivity contribution in [1.82, 2.24) is 4.98 Å². The molecule has 2 bridgehead atoms. The molecular formula is C34H29BrN2O4S2. The van der Waals surface area contributed by atoms with Crippen molar-refractivity contribution in [2.45, 2.75) is 43.1 Å². The first-order valence-corrected chi connectivity index (χ1v) is 17.1. The molecule has 4 aromatic rings. The fourth-order valence-electron chi connectivity index (χ4n) is 8.13. The van der Waals surface area contributed by atoms with Crippen molar-refractivity contribution in [1.29, 1.82) is 0 Å². The van der Waals surface area contributed by atoms with Crippen molar-refractivity contribution in [2.24, 2.45) is 29.6 Å². The molecule has 8 rings (SSSR count). The van der Waals surface area contributed by atoms with Gasteiger partial charge in [0.25, 0.3) is 0 Å². The Bertz CT molecular complexity index is 1850. The number of anilines is 1. The molecule has 0 radical (unpaired) electrons. The molecule has 2 aliphatic heterocycles. The number of benzene rings is 3. The number of hydrogen-bond acceptors (Lipinski definition) is 6. The Morgan fingerprint density at radius 2 is 1.70 bits per heavy atom. The number of ether oxygens (including phenoxy) is 1. The lowest BCUT2D eigenvalue weighted by Crippen LogP contribution is -2.42. The van der Waals surface area contributed by atoms with E-state index in [1.807, 2.05) is 55.5 Å². The summed E-state index contributed by atoms with van der Waals surface area (Å²) in [4.78, 5) is 46.2. The zero-order valence-electron chi connectivity index (χ0n) is 23.6. The third kappa shape index (κ3) is 4.22. The van der Waals surface area contributed by atoms with Crippen LogP contribution >= 0.6 is 39.0 Å². The van der Waals surface area contributed by atoms with Crippen molar-refractivity contribution in [2.75, 3.05) is 4.90 Å². The molecule has 3 fully saturated rings. The number of aromatic nitrogens is 1. The van der Waals surface area contributed by atoms with Crippen LogP contribution in [0.2, 0.25) is 0 Å². The number of thioether (sulfide) groups is 1. The Balaban J connectivity index is 1.20. The first-order chi connectivity index (χ1) is 20.8. The number of halogens is 1. The lowest BCUT2D eigenvalue weighted by Gasteiger charge is -2.43. The first kappa shape index (κ1) is 27.4. The normalized spacial score (nSPS) is 28.6. The highest BCUT2D eigenvalue weighted by Crippen LogP contribution is 2.69. The van der Waals surface area contributed by atoms with E-state index in [0.717, 1.165) is 43.2 Å². The van der Waals surface area contributed by atoms with E-state index in [1.165, 1.54) is 21.8 Å². The molecule has 9 heteroatoms. The maximum Gasteiger partial charge on any atom is 0.305 e. The molecule has 4 aliphatic rings. The Morgan fingerprint density at radius 1 is 0.953 bits per heavy atom. The molecule has 2 amide bonds. The van der Waals surface area contributed by atoms with Gasteiger partial charge in [-0.2, -0.15) is 0 Å². The number of carbonyl (C=O) groups excluding carboxylic acids is 2. The van der Waals surface area contributed by atoms with Gasteiger partial charge >= 0.3 is 4.87 Å². The molecule has 1 saturated heterocycles. The quantitative estimate of drug-likeness (QED) is 0.229. The third-order valence-electron chi connectivity index (χ3n) is 9.97. The van der Waals surface area contributed by atoms with Crippen molar-refractivity contribution in [3.05, 3.63) is 108 Å². The second-order valence-corrected chi connectivity index (χ2v) is 15.3. The van der Waals surface area contributed by atoms with Crippen molar-refractivity contribution < 1.29 is 14.3 Å². The number of rotatable bonds is 5. The molecule has 0 spiro atoms. The second-order valence-electron chi connectivity index (χ2n) is 12.2. The van der Waals surface area contributed by atoms with Gasteiger partial charge < -0.3 is 9.72 Å². The van der Waals surface area contributed by atoms with Gasteiger partial charge in [0, 0.05) is 26.1 Å². The molecule has 2 saturated carbocycles. The van der Waals surface area contributed by atoms with E-state index >= 15 is 0 Å². The lowest BCUT2D eigenvalue weighted by molar-refractivity contribution is -0.123. The summed E-state index contributed by atoms with van der Waals surface area (Å²) in [6, 6.07) is 22.0. The van der Waals surface area contributed by atoms with Crippen molar-refractivity contribution in [3.8, 4) is 5.75 Å². The van der Waals surface area contributed by atoms with Gasteiger partial charge in [0.1, 0.15) is 12.4 Å². The number of amides is 2. The van der Waals surface area contributed by atoms with Gasteiger partial charge in [0.05, 0.1) is 22.5 Å². The molecule has 5 unspecified atom stereocenters. The third-order valence-corrected chi connectivity index (χ3v) is 13.0. The van der Waals surface area contributed by atoms with Crippen molar-refractivity contribution >= 4 is 56.5 Å². The number of H-pyrrole nitrogens is 1. The van der Waals surface area contributed by atoms with Crippen LogP contribution < -0.4 is 14.5 Å². The average molecular weight is 674 g/mol. The number of imide groups is 1. The van der Waals surface area contributed by atoms with Gasteiger partial charge in [-0.05, 0) is 79.5 Å². The van der Waals surface area contributed by atoms with Crippen LogP contribution in [0.3, 0.4) is 0 Å². The number of thiazole rings is 1. The predicted molar refractivity (Wildman–Crippen MR) is 172 cm³/mol. The van der Waals surface area contributed by atoms with Gasteiger partial charge in [-0.25, -0.2) is 0 Å². The highest BCUT2D eigenvalue weighted by atomic mass is 79.9. The van der Waals surface area contributed by atoms with Gasteiger partial charge in [-0.1, -0.05) is 69.2 Å². The summed E-state index contributed by atoms with van der Waals surface area (Å²) < 4.78 is 7.47. The SMILES string of the molecule is Cc1ccc(N2C(=O)C3C(C2=O)[C@@H]2C[C@H]3C3Sc4[nH]c(=O)sc4C(c4cc(Br)ccc4OCc4ccccc4C)C32)cc1. The summed E-state index contributed by atoms with van der Waals surface area (Å²) in [5.41, 5.74) is 5.05. The summed E-state index contributed by atoms with van der Waals surface area (Å²) in [7, 11) is 0. The van der Waals surface area contributed by atoms with E-state index in [-0.39, 0.29) is 57.4 Å². The standard InChI is InChI=1S/C34H29BrN2O4S2/c1-16-7-10-20(11-8-16)37-32(38)27-22-14-23(28(27)33(37)39)29-26(22)25(30-31(42-29)36-34(40)43-30)21-13-19(35)9-12-24(21)41-15-18-6-4-3-5-17(18)2/h3-13,22-23,25-29H,14-15H2,1-2H3,(H,36,40)/t22-,23-,25?,26?,27?,28?,29?/m1/s1. The summed E-state index contributed by atoms with van der Waals surface area (Å²) in [5, 5.41) is 1.01. The molecule has 2 aliphatic carbocycles. The molecule has 3 heterocycles. The maximum absolute atomic E-state index is 14.1. The zero-order chi connectivity index (χ0) is 29.6. The zero-order valence-corrected chi connectivity index (χ0v) is 26.8. The fourth-order valence-corrected chi connectivity index (χ4v) is 11.4. The topological polar surface area (TPSA) is 79.5 Å². The summed E-state index contributed by atoms with van der Waals surface area (Å²) >= 11 is 6.66. The number of nitrogens with zero attached hydrogens (tertiary/aromatic N) is 1. The monoisotopic (exact) mass is 672 g/mol. The van der Waals surface area contributed by atoms with E-state index in [2.05, 4.69) is 46.0 Å². The van der Waals surface area contributed by atoms with Crippen LogP contribution in [0.4, 0.5) is 5.69 Å². The molecular weight excluding hydrogens is 644 g/mol. The summed E-state index contributed by atoms with van der Waals surface area (Å²) in [6.45, 7) is 4.51. The minimum Gasteiger partial charge on any atom is -0.489 e. The first-order valence-electron chi connectivity index (χ1n) is 14.6. The Labute approximate surface area is 266 Å². The highest BCUT2D eigenvalue weighted by molar-refractivity contribution is 9.10. The van der Waals surface area contributed by atoms with E-state index in [1.54, 1.807) is 11.8 Å². The molecule has 6 nitrogen and oxygen atoms in total. The van der Waals surface area contributed by atoms with E-state index < -0.39 is 0 Å². The predicted octanol–water partition coefficient (Wildman–Crippen LogP) is 7.07. The number of aromatic amines is 1. The second kappa shape index (κ2) is 10.2. The van der Waals surface area contributed by atoms with E-state index in [9.17, 15) is 14.4 Å². The molecule has 43 heavy (non-hydrogen) atoms. The van der Waals surface area contributed by atoms with Crippen LogP contribution in [0, 0.1) is 43.4 Å². The summed E-state index contributed by atoms with van der Waals surface area (Å²) in [6.07, 6.45) is 0.847. The summed E-state index contributed by atoms with van der Waals surface area (Å²) in [5.74, 6) is 0.0500. The number of nitrogens with one attached hydrogen (secondary N) is 1. The Kier molecular flexibility index (Phi) is 6.51. The van der Waals surface area contributed by atoms with Crippen LogP contribution in [0.1, 0.15) is 39.5 Å². The van der Waals surface area contributed by atoms with Crippen LogP contribution in [-0.2, 0) is 16.2 Å². The lowest BCUT2D eigenvalue weighted by atomic mass is 9.68. The molecule has 1 aromatic heterocycles. The number of aryl methyl sites for hydroxylation is 2. The number of fused-ring (bicyclic) bond motifs is 9. The van der Waals surface area contributed by atoms with Crippen LogP contribution in [0.25, 0.3) is 0 Å². The number of hydrogen-bond donors (Lipinski definition) is 1. The van der Waals surface area contributed by atoms with Gasteiger partial charge in [-0.15, -0.1) is 11.8 Å². The molecule has 218 valence electrons. The van der Waals surface area contributed by atoms with Gasteiger partial charge in [0.15, 0.2) is 0 Å². The van der Waals surface area contributed by atoms with Crippen LogP contribution in [0.15, 0.2) is 81.0 Å². The van der Waals surface area contributed by atoms with Crippen LogP contribution in [0.5, 0.6) is 5.75 Å². The number of carbonyl (C=O) groups is 2. The largest absolute Gasteiger partial charge is 0.489 e. The van der Waals surface area contributed by atoms with Gasteiger partial charge in [0.2, 0.25) is 11.8 Å². The van der Waals surface area contributed by atoms with E-state index in [0.29, 0.717) is 12.3 Å². The maximum atomic E-state index is 14.1. The highest BCUT2D eigenvalue weighted by Gasteiger charge is 2.69. The smallest absolute Gasteiger partial charge is 0.305 e. The molecule has 7 atom stereocenters. The Hall–Kier alpha value is -3.14. The van der Waals surface area contributed by atoms with Crippen LogP contribution in [-0.4, -0.2) is 22.0 Å². The van der Waals surface area contributed by atoms with Crippen molar-refractivity contribution in [3.63, 3.8) is 0 Å². The Morgan fingerprint density at radius 3 is 2.47 bits per heavy atom. The van der Waals surface area contributed by atoms with Gasteiger partial charge in [-0.3, -0.25) is 19.3 Å². The average Bonchev–Trinajstić information content (AvgIpc) is 3.72. The minimum atomic E-state index is -0.344.